The monoisotopic (exact) mass is 312 g/mol. The SMILES string of the molecule is Cc1nn(C)c(Cl)c1CC(O)c1ccc(C(C)(C)C)s1. The Morgan fingerprint density at radius 1 is 1.40 bits per heavy atom. The summed E-state index contributed by atoms with van der Waals surface area (Å²) in [5.41, 5.74) is 1.92. The van der Waals surface area contributed by atoms with Crippen LogP contribution >= 0.6 is 22.9 Å². The molecule has 0 amide bonds. The van der Waals surface area contributed by atoms with Crippen molar-refractivity contribution in [1.29, 1.82) is 0 Å². The number of aromatic nitrogens is 2. The first kappa shape index (κ1) is 15.5. The molecule has 0 spiro atoms. The molecule has 0 bridgehead atoms. The molecule has 0 fully saturated rings. The van der Waals surface area contributed by atoms with E-state index in [2.05, 4.69) is 31.9 Å². The molecule has 2 rings (SSSR count). The van der Waals surface area contributed by atoms with E-state index in [-0.39, 0.29) is 5.41 Å². The molecule has 0 aliphatic carbocycles. The first-order valence-corrected chi connectivity index (χ1v) is 7.86. The van der Waals surface area contributed by atoms with Gasteiger partial charge in [-0.3, -0.25) is 4.68 Å². The van der Waals surface area contributed by atoms with E-state index in [1.807, 2.05) is 20.0 Å². The first-order valence-electron chi connectivity index (χ1n) is 6.66. The number of aliphatic hydroxyl groups excluding tert-OH is 1. The van der Waals surface area contributed by atoms with Crippen molar-refractivity contribution in [2.24, 2.45) is 7.05 Å². The summed E-state index contributed by atoms with van der Waals surface area (Å²) < 4.78 is 1.65. The van der Waals surface area contributed by atoms with Gasteiger partial charge in [-0.2, -0.15) is 5.10 Å². The van der Waals surface area contributed by atoms with Crippen LogP contribution in [0.1, 0.15) is 47.9 Å². The normalized spacial score (nSPS) is 13.8. The molecular weight excluding hydrogens is 292 g/mol. The Morgan fingerprint density at radius 3 is 2.50 bits per heavy atom. The van der Waals surface area contributed by atoms with Crippen LogP contribution in [0.15, 0.2) is 12.1 Å². The third-order valence-corrected chi connectivity index (χ3v) is 5.45. The minimum Gasteiger partial charge on any atom is -0.387 e. The number of nitrogens with zero attached hydrogens (tertiary/aromatic N) is 2. The van der Waals surface area contributed by atoms with Crippen LogP contribution < -0.4 is 0 Å². The van der Waals surface area contributed by atoms with Gasteiger partial charge in [0.1, 0.15) is 5.15 Å². The lowest BCUT2D eigenvalue weighted by Crippen LogP contribution is -2.08. The van der Waals surface area contributed by atoms with Crippen LogP contribution in [-0.4, -0.2) is 14.9 Å². The summed E-state index contributed by atoms with van der Waals surface area (Å²) in [6.07, 6.45) is -0.0284. The van der Waals surface area contributed by atoms with Gasteiger partial charge in [0.25, 0.3) is 0 Å². The molecular formula is C15H21ClN2OS. The zero-order valence-electron chi connectivity index (χ0n) is 12.6. The Balaban J connectivity index is 2.20. The van der Waals surface area contributed by atoms with Crippen molar-refractivity contribution >= 4 is 22.9 Å². The Morgan fingerprint density at radius 2 is 2.05 bits per heavy atom. The molecule has 0 aliphatic rings. The summed E-state index contributed by atoms with van der Waals surface area (Å²) in [5, 5.41) is 15.3. The number of aryl methyl sites for hydroxylation is 2. The highest BCUT2D eigenvalue weighted by molar-refractivity contribution is 7.12. The molecule has 0 saturated heterocycles. The van der Waals surface area contributed by atoms with Crippen molar-refractivity contribution < 1.29 is 5.11 Å². The van der Waals surface area contributed by atoms with E-state index >= 15 is 0 Å². The maximum atomic E-state index is 10.4. The Labute approximate surface area is 129 Å². The predicted molar refractivity (Wildman–Crippen MR) is 84.6 cm³/mol. The van der Waals surface area contributed by atoms with E-state index in [0.29, 0.717) is 11.6 Å². The highest BCUT2D eigenvalue weighted by Crippen LogP contribution is 2.34. The van der Waals surface area contributed by atoms with Crippen molar-refractivity contribution in [3.8, 4) is 0 Å². The molecule has 0 radical (unpaired) electrons. The van der Waals surface area contributed by atoms with Crippen LogP contribution in [0.2, 0.25) is 5.15 Å². The fraction of sp³-hybridized carbons (Fsp3) is 0.533. The molecule has 1 unspecified atom stereocenters. The van der Waals surface area contributed by atoms with Crippen molar-refractivity contribution in [1.82, 2.24) is 9.78 Å². The number of hydrogen-bond donors (Lipinski definition) is 1. The van der Waals surface area contributed by atoms with Gasteiger partial charge >= 0.3 is 0 Å². The van der Waals surface area contributed by atoms with Gasteiger partial charge in [0.15, 0.2) is 0 Å². The summed E-state index contributed by atoms with van der Waals surface area (Å²) in [4.78, 5) is 2.26. The maximum Gasteiger partial charge on any atom is 0.130 e. The summed E-state index contributed by atoms with van der Waals surface area (Å²) >= 11 is 7.88. The molecule has 2 aromatic heterocycles. The number of rotatable bonds is 3. The van der Waals surface area contributed by atoms with E-state index in [1.54, 1.807) is 16.0 Å². The van der Waals surface area contributed by atoms with Crippen molar-refractivity contribution in [3.05, 3.63) is 38.3 Å². The molecule has 110 valence electrons. The van der Waals surface area contributed by atoms with Gasteiger partial charge in [0.05, 0.1) is 11.8 Å². The fourth-order valence-electron chi connectivity index (χ4n) is 2.13. The smallest absolute Gasteiger partial charge is 0.130 e. The fourth-order valence-corrected chi connectivity index (χ4v) is 3.44. The van der Waals surface area contributed by atoms with Gasteiger partial charge in [-0.15, -0.1) is 11.3 Å². The largest absolute Gasteiger partial charge is 0.387 e. The number of hydrogen-bond acceptors (Lipinski definition) is 3. The van der Waals surface area contributed by atoms with Crippen LogP contribution in [0.25, 0.3) is 0 Å². The van der Waals surface area contributed by atoms with Crippen LogP contribution in [0.3, 0.4) is 0 Å². The van der Waals surface area contributed by atoms with Crippen LogP contribution in [0, 0.1) is 6.92 Å². The van der Waals surface area contributed by atoms with E-state index < -0.39 is 6.10 Å². The predicted octanol–water partition coefficient (Wildman–Crippen LogP) is 4.02. The minimum atomic E-state index is -0.531. The van der Waals surface area contributed by atoms with Crippen molar-refractivity contribution in [2.75, 3.05) is 0 Å². The summed E-state index contributed by atoms with van der Waals surface area (Å²) in [6.45, 7) is 8.45. The van der Waals surface area contributed by atoms with E-state index in [4.69, 9.17) is 11.6 Å². The molecule has 2 aromatic rings. The zero-order valence-corrected chi connectivity index (χ0v) is 14.1. The lowest BCUT2D eigenvalue weighted by Gasteiger charge is -2.15. The molecule has 20 heavy (non-hydrogen) atoms. The third-order valence-electron chi connectivity index (χ3n) is 3.36. The maximum absolute atomic E-state index is 10.4. The first-order chi connectivity index (χ1) is 9.20. The average molecular weight is 313 g/mol. The standard InChI is InChI=1S/C15H21ClN2OS/c1-9-10(14(16)18(5)17-9)8-11(19)12-6-7-13(20-12)15(2,3)4/h6-7,11,19H,8H2,1-5H3. The highest BCUT2D eigenvalue weighted by Gasteiger charge is 2.21. The highest BCUT2D eigenvalue weighted by atomic mass is 35.5. The molecule has 1 N–H and O–H groups in total. The third kappa shape index (κ3) is 3.08. The average Bonchev–Trinajstić information content (AvgIpc) is 2.90. The number of aliphatic hydroxyl groups is 1. The second-order valence-corrected chi connectivity index (χ2v) is 7.62. The van der Waals surface area contributed by atoms with Gasteiger partial charge in [-0.25, -0.2) is 0 Å². The number of halogens is 1. The Hall–Kier alpha value is -0.840. The van der Waals surface area contributed by atoms with Crippen LogP contribution in [0.5, 0.6) is 0 Å². The minimum absolute atomic E-state index is 0.116. The van der Waals surface area contributed by atoms with Gasteiger partial charge in [-0.05, 0) is 24.5 Å². The van der Waals surface area contributed by atoms with Crippen molar-refractivity contribution in [3.63, 3.8) is 0 Å². The number of thiophene rings is 1. The summed E-state index contributed by atoms with van der Waals surface area (Å²) in [5.74, 6) is 0. The lowest BCUT2D eigenvalue weighted by atomic mass is 9.95. The van der Waals surface area contributed by atoms with Crippen LogP contribution in [-0.2, 0) is 18.9 Å². The van der Waals surface area contributed by atoms with Gasteiger partial charge < -0.3 is 5.11 Å². The molecule has 3 nitrogen and oxygen atoms in total. The van der Waals surface area contributed by atoms with Crippen LogP contribution in [0.4, 0.5) is 0 Å². The zero-order chi connectivity index (χ0) is 15.1. The molecule has 2 heterocycles. The van der Waals surface area contributed by atoms with Gasteiger partial charge in [-0.1, -0.05) is 32.4 Å². The van der Waals surface area contributed by atoms with Crippen molar-refractivity contribution in [2.45, 2.75) is 45.6 Å². The van der Waals surface area contributed by atoms with E-state index in [9.17, 15) is 5.11 Å². The molecule has 0 aliphatic heterocycles. The van der Waals surface area contributed by atoms with E-state index in [1.165, 1.54) is 4.88 Å². The molecule has 5 heteroatoms. The summed E-state index contributed by atoms with van der Waals surface area (Å²) in [7, 11) is 1.81. The summed E-state index contributed by atoms with van der Waals surface area (Å²) in [6, 6.07) is 4.11. The molecule has 0 saturated carbocycles. The Bertz CT molecular complexity index is 610. The Kier molecular flexibility index (Phi) is 4.28. The van der Waals surface area contributed by atoms with Gasteiger partial charge in [0, 0.05) is 28.8 Å². The van der Waals surface area contributed by atoms with Gasteiger partial charge in [0.2, 0.25) is 0 Å². The lowest BCUT2D eigenvalue weighted by molar-refractivity contribution is 0.182. The quantitative estimate of drug-likeness (QED) is 0.929. The second kappa shape index (κ2) is 5.51. The second-order valence-electron chi connectivity index (χ2n) is 6.15. The van der Waals surface area contributed by atoms with E-state index in [0.717, 1.165) is 16.1 Å². The topological polar surface area (TPSA) is 38.0 Å². The molecule has 1 atom stereocenters. The molecule has 0 aromatic carbocycles.